The number of carbonyl (C=O) groups excluding carboxylic acids is 1. The minimum Gasteiger partial charge on any atom is -0.376 e. The Balaban J connectivity index is 0.00000140. The Hall–Kier alpha value is -1.36. The number of rotatable bonds is 1. The number of hydrogen-bond acceptors (Lipinski definition) is 3. The van der Waals surface area contributed by atoms with E-state index in [1.165, 1.54) is 0 Å². The quantitative estimate of drug-likeness (QED) is 0.784. The first-order chi connectivity index (χ1) is 11.6. The van der Waals surface area contributed by atoms with Gasteiger partial charge in [-0.15, -0.1) is 19.0 Å². The molecule has 5 heteroatoms. The van der Waals surface area contributed by atoms with Crippen LogP contribution >= 0.6 is 12.4 Å². The van der Waals surface area contributed by atoms with E-state index in [-0.39, 0.29) is 35.8 Å². The zero-order chi connectivity index (χ0) is 16.3. The number of carbonyl (C=O) groups is 1. The van der Waals surface area contributed by atoms with E-state index in [1.54, 1.807) is 0 Å². The van der Waals surface area contributed by atoms with E-state index in [4.69, 9.17) is 4.74 Å². The number of ether oxygens (including phenoxy) is 1. The van der Waals surface area contributed by atoms with Crippen molar-refractivity contribution in [3.05, 3.63) is 42.5 Å². The fraction of sp³-hybridized carbons (Fsp3) is 0.550. The number of piperidine rings is 1. The van der Waals surface area contributed by atoms with Crippen molar-refractivity contribution < 1.29 is 9.53 Å². The number of para-hydroxylation sites is 1. The average Bonchev–Trinajstić information content (AvgIpc) is 3.08. The zero-order valence-corrected chi connectivity index (χ0v) is 15.1. The molecule has 1 aromatic rings. The number of halogens is 1. The van der Waals surface area contributed by atoms with Crippen LogP contribution in [0.1, 0.15) is 12.0 Å². The SMILES string of the molecule is C=C[C@@]12CN(C)[C@H]3[C@@H]1[C@@]1(C(=O)Nc4ccccc41)[C@H]1CC2[C@@H]3CO1.Cl. The largest absolute Gasteiger partial charge is 0.376 e. The van der Waals surface area contributed by atoms with E-state index in [0.29, 0.717) is 17.9 Å². The normalized spacial score (nSPS) is 48.4. The van der Waals surface area contributed by atoms with E-state index < -0.39 is 5.41 Å². The van der Waals surface area contributed by atoms with Crippen molar-refractivity contribution in [3.8, 4) is 0 Å². The van der Waals surface area contributed by atoms with Crippen LogP contribution < -0.4 is 5.32 Å². The predicted octanol–water partition coefficient (Wildman–Crippen LogP) is 2.45. The Morgan fingerprint density at radius 1 is 1.40 bits per heavy atom. The van der Waals surface area contributed by atoms with E-state index >= 15 is 0 Å². The van der Waals surface area contributed by atoms with E-state index in [2.05, 4.69) is 42.1 Å². The first-order valence-corrected chi connectivity index (χ1v) is 9.01. The third kappa shape index (κ3) is 1.41. The number of benzene rings is 1. The molecule has 2 saturated heterocycles. The third-order valence-corrected chi connectivity index (χ3v) is 7.93. The van der Waals surface area contributed by atoms with Crippen LogP contribution in [0.15, 0.2) is 36.9 Å². The van der Waals surface area contributed by atoms with Crippen LogP contribution in [-0.2, 0) is 14.9 Å². The van der Waals surface area contributed by atoms with Crippen molar-refractivity contribution in [1.82, 2.24) is 4.90 Å². The van der Waals surface area contributed by atoms with Gasteiger partial charge in [-0.05, 0) is 31.0 Å². The Morgan fingerprint density at radius 2 is 2.20 bits per heavy atom. The van der Waals surface area contributed by atoms with Crippen LogP contribution in [0, 0.1) is 23.2 Å². The van der Waals surface area contributed by atoms with Gasteiger partial charge >= 0.3 is 0 Å². The Kier molecular flexibility index (Phi) is 2.96. The van der Waals surface area contributed by atoms with Gasteiger partial charge in [-0.25, -0.2) is 0 Å². The zero-order valence-electron chi connectivity index (χ0n) is 14.3. The molecule has 6 rings (SSSR count). The summed E-state index contributed by atoms with van der Waals surface area (Å²) in [6.45, 7) is 6.06. The first-order valence-electron chi connectivity index (χ1n) is 9.01. The Morgan fingerprint density at radius 3 is 3.00 bits per heavy atom. The van der Waals surface area contributed by atoms with Gasteiger partial charge in [0.2, 0.25) is 5.91 Å². The van der Waals surface area contributed by atoms with Gasteiger partial charge in [-0.3, -0.25) is 4.79 Å². The molecule has 2 saturated carbocycles. The molecule has 1 spiro atoms. The summed E-state index contributed by atoms with van der Waals surface area (Å²) in [4.78, 5) is 15.9. The highest BCUT2D eigenvalue weighted by Crippen LogP contribution is 2.73. The number of likely N-dealkylation sites (tertiary alicyclic amines) is 1. The smallest absolute Gasteiger partial charge is 0.238 e. The average molecular weight is 359 g/mol. The number of fused-ring (bicyclic) bond motifs is 5. The molecule has 5 bridgehead atoms. The molecule has 7 atom stereocenters. The van der Waals surface area contributed by atoms with Crippen molar-refractivity contribution >= 4 is 24.0 Å². The van der Waals surface area contributed by atoms with Gasteiger partial charge in [-0.1, -0.05) is 24.3 Å². The van der Waals surface area contributed by atoms with Gasteiger partial charge in [0.25, 0.3) is 0 Å². The molecule has 1 unspecified atom stereocenters. The number of hydrogen-bond donors (Lipinski definition) is 1. The van der Waals surface area contributed by atoms with Crippen molar-refractivity contribution in [3.63, 3.8) is 0 Å². The minimum atomic E-state index is -0.554. The summed E-state index contributed by atoms with van der Waals surface area (Å²) < 4.78 is 6.34. The maximum atomic E-state index is 13.4. The highest BCUT2D eigenvalue weighted by atomic mass is 35.5. The molecule has 1 amide bonds. The third-order valence-electron chi connectivity index (χ3n) is 7.93. The molecule has 5 aliphatic rings. The van der Waals surface area contributed by atoms with E-state index in [9.17, 15) is 4.79 Å². The summed E-state index contributed by atoms with van der Waals surface area (Å²) in [5, 5.41) is 3.18. The van der Waals surface area contributed by atoms with Crippen molar-refractivity contribution in [1.29, 1.82) is 0 Å². The lowest BCUT2D eigenvalue weighted by Crippen LogP contribution is -2.62. The molecule has 2 aliphatic carbocycles. The molecule has 132 valence electrons. The Labute approximate surface area is 154 Å². The second-order valence-electron chi connectivity index (χ2n) is 8.40. The molecular formula is C20H23ClN2O2. The summed E-state index contributed by atoms with van der Waals surface area (Å²) in [5.74, 6) is 1.56. The van der Waals surface area contributed by atoms with Gasteiger partial charge in [0, 0.05) is 35.5 Å². The molecule has 1 N–H and O–H groups in total. The molecule has 3 heterocycles. The van der Waals surface area contributed by atoms with Crippen molar-refractivity contribution in [2.45, 2.75) is 24.0 Å². The van der Waals surface area contributed by atoms with Gasteiger partial charge in [0.15, 0.2) is 0 Å². The molecule has 1 aromatic carbocycles. The first kappa shape index (κ1) is 15.9. The molecule has 25 heavy (non-hydrogen) atoms. The molecular weight excluding hydrogens is 336 g/mol. The molecule has 0 aromatic heterocycles. The number of amides is 1. The highest BCUT2D eigenvalue weighted by molar-refractivity contribution is 6.07. The van der Waals surface area contributed by atoms with E-state index in [1.807, 2.05) is 12.1 Å². The lowest BCUT2D eigenvalue weighted by molar-refractivity contribution is -0.153. The molecule has 4 nitrogen and oxygen atoms in total. The Bertz CT molecular complexity index is 798. The van der Waals surface area contributed by atoms with Crippen LogP contribution in [-0.4, -0.2) is 43.2 Å². The van der Waals surface area contributed by atoms with Crippen LogP contribution in [0.25, 0.3) is 0 Å². The van der Waals surface area contributed by atoms with Gasteiger partial charge < -0.3 is 15.0 Å². The summed E-state index contributed by atoms with van der Waals surface area (Å²) in [7, 11) is 2.21. The predicted molar refractivity (Wildman–Crippen MR) is 97.9 cm³/mol. The van der Waals surface area contributed by atoms with E-state index in [0.717, 1.165) is 30.8 Å². The standard InChI is InChI=1S/C20H22N2O2.ClH/c1-3-19-10-22(2)16-11-9-24-15(8-13(11)19)20(17(16)19)12-6-4-5-7-14(12)21-18(20)23;/h3-7,11,13,15-17H,1,8-10H2,2H3,(H,21,23);1H/t11-,13?,15+,16+,17-,19-,20-;/m0./s1. The summed E-state index contributed by atoms with van der Waals surface area (Å²) in [6, 6.07) is 8.64. The molecule has 0 radical (unpaired) electrons. The van der Waals surface area contributed by atoms with Crippen LogP contribution in [0.2, 0.25) is 0 Å². The molecule has 4 fully saturated rings. The van der Waals surface area contributed by atoms with Crippen molar-refractivity contribution in [2.24, 2.45) is 23.2 Å². The van der Waals surface area contributed by atoms with Crippen LogP contribution in [0.5, 0.6) is 0 Å². The van der Waals surface area contributed by atoms with Crippen LogP contribution in [0.4, 0.5) is 5.69 Å². The fourth-order valence-electron chi connectivity index (χ4n) is 7.38. The second kappa shape index (κ2) is 4.67. The maximum Gasteiger partial charge on any atom is 0.238 e. The summed E-state index contributed by atoms with van der Waals surface area (Å²) in [6.07, 6.45) is 3.17. The van der Waals surface area contributed by atoms with Crippen LogP contribution in [0.3, 0.4) is 0 Å². The monoisotopic (exact) mass is 358 g/mol. The van der Waals surface area contributed by atoms with Gasteiger partial charge in [0.1, 0.15) is 5.41 Å². The van der Waals surface area contributed by atoms with Gasteiger partial charge in [0.05, 0.1) is 12.7 Å². The molecule has 3 aliphatic heterocycles. The topological polar surface area (TPSA) is 41.6 Å². The maximum absolute atomic E-state index is 13.4. The van der Waals surface area contributed by atoms with Crippen molar-refractivity contribution in [2.75, 3.05) is 25.5 Å². The summed E-state index contributed by atoms with van der Waals surface area (Å²) >= 11 is 0. The highest BCUT2D eigenvalue weighted by Gasteiger charge is 2.79. The van der Waals surface area contributed by atoms with Gasteiger partial charge in [-0.2, -0.15) is 0 Å². The number of anilines is 1. The summed E-state index contributed by atoms with van der Waals surface area (Å²) in [5.41, 5.74) is 1.61. The fourth-order valence-corrected chi connectivity index (χ4v) is 7.38. The lowest BCUT2D eigenvalue weighted by Gasteiger charge is -2.54. The second-order valence-corrected chi connectivity index (χ2v) is 8.40. The number of nitrogens with one attached hydrogen (secondary N) is 1. The number of nitrogens with zero attached hydrogens (tertiary/aromatic N) is 1. The lowest BCUT2D eigenvalue weighted by atomic mass is 9.51. The minimum absolute atomic E-state index is 0.